The summed E-state index contributed by atoms with van der Waals surface area (Å²) in [6.45, 7) is 6.42. The molecule has 0 bridgehead atoms. The van der Waals surface area contributed by atoms with Gasteiger partial charge in [-0.2, -0.15) is 0 Å². The van der Waals surface area contributed by atoms with Crippen molar-refractivity contribution in [1.82, 2.24) is 9.88 Å². The summed E-state index contributed by atoms with van der Waals surface area (Å²) in [6, 6.07) is 8.34. The third-order valence-corrected chi connectivity index (χ3v) is 5.82. The third-order valence-electron chi connectivity index (χ3n) is 5.82. The van der Waals surface area contributed by atoms with Crippen LogP contribution in [-0.4, -0.2) is 55.2 Å². The molecule has 1 aromatic carbocycles. The summed E-state index contributed by atoms with van der Waals surface area (Å²) < 4.78 is 24.9. The van der Waals surface area contributed by atoms with E-state index in [0.717, 1.165) is 36.3 Å². The maximum atomic E-state index is 13.6. The molecule has 0 unspecified atom stereocenters. The predicted molar refractivity (Wildman–Crippen MR) is 122 cm³/mol. The first-order valence-electron chi connectivity index (χ1n) is 10.7. The molecule has 0 saturated carbocycles. The summed E-state index contributed by atoms with van der Waals surface area (Å²) >= 11 is 0. The molecule has 2 aliphatic rings. The number of rotatable bonds is 7. The predicted octanol–water partition coefficient (Wildman–Crippen LogP) is 3.90. The Hall–Kier alpha value is -3.03. The molecule has 4 rings (SSSR count). The van der Waals surface area contributed by atoms with Crippen LogP contribution >= 0.6 is 0 Å². The van der Waals surface area contributed by atoms with Crippen molar-refractivity contribution >= 4 is 22.7 Å². The van der Waals surface area contributed by atoms with Crippen LogP contribution in [0.3, 0.4) is 0 Å². The van der Waals surface area contributed by atoms with E-state index in [1.807, 2.05) is 38.3 Å². The molecule has 1 aromatic heterocycles. The summed E-state index contributed by atoms with van der Waals surface area (Å²) in [5.74, 6) is -0.202. The molecule has 0 atom stereocenters. The largest absolute Gasteiger partial charge is 0.482 e. The van der Waals surface area contributed by atoms with Crippen LogP contribution in [0.15, 0.2) is 48.4 Å². The molecule has 2 aromatic rings. The number of allylic oxidation sites excluding steroid dienone is 1. The van der Waals surface area contributed by atoms with Crippen LogP contribution in [0.4, 0.5) is 10.1 Å². The van der Waals surface area contributed by atoms with Gasteiger partial charge in [0.1, 0.15) is 17.2 Å². The van der Waals surface area contributed by atoms with E-state index in [9.17, 15) is 9.18 Å². The summed E-state index contributed by atoms with van der Waals surface area (Å²) in [4.78, 5) is 19.4. The fourth-order valence-electron chi connectivity index (χ4n) is 4.00. The molecule has 2 aliphatic heterocycles. The van der Waals surface area contributed by atoms with Gasteiger partial charge >= 0.3 is 0 Å². The van der Waals surface area contributed by atoms with Crippen LogP contribution in [0.2, 0.25) is 0 Å². The lowest BCUT2D eigenvalue weighted by Crippen LogP contribution is -2.25. The quantitative estimate of drug-likeness (QED) is 0.666. The van der Waals surface area contributed by atoms with Crippen LogP contribution in [0.1, 0.15) is 30.7 Å². The highest BCUT2D eigenvalue weighted by Crippen LogP contribution is 2.44. The van der Waals surface area contributed by atoms with Gasteiger partial charge in [-0.15, -0.1) is 0 Å². The minimum absolute atomic E-state index is 0.292. The molecule has 3 heterocycles. The minimum Gasteiger partial charge on any atom is -0.482 e. The first-order chi connectivity index (χ1) is 15.3. The molecule has 0 saturated heterocycles. The van der Waals surface area contributed by atoms with Gasteiger partial charge in [-0.25, -0.2) is 4.39 Å². The zero-order chi connectivity index (χ0) is 22.9. The van der Waals surface area contributed by atoms with Gasteiger partial charge in [0.05, 0.1) is 17.9 Å². The van der Waals surface area contributed by atoms with E-state index >= 15 is 0 Å². The molecule has 32 heavy (non-hydrogen) atoms. The lowest BCUT2D eigenvalue weighted by molar-refractivity contribution is -0.111. The van der Waals surface area contributed by atoms with Gasteiger partial charge in [-0.3, -0.25) is 9.78 Å². The number of halogens is 1. The van der Waals surface area contributed by atoms with E-state index in [-0.39, 0.29) is 5.91 Å². The molecule has 1 N–H and O–H groups in total. The Kier molecular flexibility index (Phi) is 6.13. The standard InChI is InChI=1S/C25H28FN3O3/c1-25(2)20(16-5-7-18(27-15-16)9-10-29(3)11-12-31-4)14-22(32-25)23-19-8-6-17(26)13-21(19)28-24(23)30/h5-8,13-15H,9-12H2,1-4H3,(H,28,30). The lowest BCUT2D eigenvalue weighted by atomic mass is 9.93. The van der Waals surface area contributed by atoms with E-state index in [1.165, 1.54) is 12.1 Å². The number of hydrogen-bond acceptors (Lipinski definition) is 5. The smallest absolute Gasteiger partial charge is 0.260 e. The zero-order valence-corrected chi connectivity index (χ0v) is 18.9. The molecule has 168 valence electrons. The maximum Gasteiger partial charge on any atom is 0.260 e. The Bertz CT molecular complexity index is 1090. The zero-order valence-electron chi connectivity index (χ0n) is 18.9. The van der Waals surface area contributed by atoms with E-state index < -0.39 is 11.4 Å². The number of fused-ring (bicyclic) bond motifs is 1. The highest BCUT2D eigenvalue weighted by molar-refractivity contribution is 6.32. The van der Waals surface area contributed by atoms with E-state index in [0.29, 0.717) is 29.2 Å². The van der Waals surface area contributed by atoms with Crippen LogP contribution in [0.5, 0.6) is 0 Å². The van der Waals surface area contributed by atoms with Crippen molar-refractivity contribution < 1.29 is 18.7 Å². The van der Waals surface area contributed by atoms with Crippen molar-refractivity contribution in [1.29, 1.82) is 0 Å². The molecule has 0 aliphatic carbocycles. The number of carbonyl (C=O) groups is 1. The monoisotopic (exact) mass is 437 g/mol. The molecule has 1 amide bonds. The van der Waals surface area contributed by atoms with Gasteiger partial charge in [0.15, 0.2) is 0 Å². The number of nitrogens with one attached hydrogen (secondary N) is 1. The average molecular weight is 438 g/mol. The number of methoxy groups -OCH3 is 1. The molecule has 7 heteroatoms. The Balaban J connectivity index is 1.57. The average Bonchev–Trinajstić information content (AvgIpc) is 3.25. The number of benzene rings is 1. The Morgan fingerprint density at radius 3 is 2.75 bits per heavy atom. The van der Waals surface area contributed by atoms with Crippen molar-refractivity contribution in [3.63, 3.8) is 0 Å². The fourth-order valence-corrected chi connectivity index (χ4v) is 4.00. The number of ether oxygens (including phenoxy) is 2. The van der Waals surface area contributed by atoms with E-state index in [4.69, 9.17) is 9.47 Å². The van der Waals surface area contributed by atoms with Gasteiger partial charge in [0, 0.05) is 55.2 Å². The summed E-state index contributed by atoms with van der Waals surface area (Å²) in [5.41, 5.74) is 3.80. The maximum absolute atomic E-state index is 13.6. The topological polar surface area (TPSA) is 63.7 Å². The molecule has 0 spiro atoms. The first kappa shape index (κ1) is 22.2. The van der Waals surface area contributed by atoms with Crippen LogP contribution in [0, 0.1) is 5.82 Å². The van der Waals surface area contributed by atoms with E-state index in [1.54, 1.807) is 13.2 Å². The van der Waals surface area contributed by atoms with Crippen LogP contribution < -0.4 is 5.32 Å². The first-order valence-corrected chi connectivity index (χ1v) is 10.7. The van der Waals surface area contributed by atoms with Crippen molar-refractivity contribution in [3.05, 3.63) is 71.0 Å². The molecule has 0 radical (unpaired) electrons. The summed E-state index contributed by atoms with van der Waals surface area (Å²) in [6.07, 6.45) is 4.60. The normalized spacial score (nSPS) is 19.1. The summed E-state index contributed by atoms with van der Waals surface area (Å²) in [5, 5.41) is 2.72. The SMILES string of the molecule is COCCN(C)CCc1ccc(C2=CC(=C3C(=O)Nc4cc(F)ccc43)OC2(C)C)cn1. The highest BCUT2D eigenvalue weighted by Gasteiger charge is 2.38. The number of amides is 1. The van der Waals surface area contributed by atoms with Crippen LogP contribution in [0.25, 0.3) is 11.1 Å². The number of likely N-dealkylation sites (N-methyl/N-ethyl adjacent to an activating group) is 1. The second-order valence-electron chi connectivity index (χ2n) is 8.64. The number of anilines is 1. The Morgan fingerprint density at radius 2 is 2.03 bits per heavy atom. The van der Waals surface area contributed by atoms with Crippen molar-refractivity contribution in [2.75, 3.05) is 39.2 Å². The number of nitrogens with zero attached hydrogens (tertiary/aromatic N) is 2. The van der Waals surface area contributed by atoms with Gasteiger partial charge in [-0.1, -0.05) is 6.07 Å². The van der Waals surface area contributed by atoms with Crippen molar-refractivity contribution in [3.8, 4) is 0 Å². The fraction of sp³-hybridized carbons (Fsp3) is 0.360. The van der Waals surface area contributed by atoms with Gasteiger partial charge < -0.3 is 19.7 Å². The van der Waals surface area contributed by atoms with Gasteiger partial charge in [0.25, 0.3) is 5.91 Å². The highest BCUT2D eigenvalue weighted by atomic mass is 19.1. The second-order valence-corrected chi connectivity index (χ2v) is 8.64. The van der Waals surface area contributed by atoms with E-state index in [2.05, 4.69) is 22.2 Å². The molecular weight excluding hydrogens is 409 g/mol. The molecule has 6 nitrogen and oxygen atoms in total. The Morgan fingerprint density at radius 1 is 1.22 bits per heavy atom. The molecule has 0 fully saturated rings. The summed E-state index contributed by atoms with van der Waals surface area (Å²) in [7, 11) is 3.77. The lowest BCUT2D eigenvalue weighted by Gasteiger charge is -2.23. The number of carbonyl (C=O) groups excluding carboxylic acids is 1. The molecular formula is C25H28FN3O3. The van der Waals surface area contributed by atoms with Crippen molar-refractivity contribution in [2.45, 2.75) is 25.9 Å². The number of pyridine rings is 1. The minimum atomic E-state index is -0.630. The number of aromatic nitrogens is 1. The Labute approximate surface area is 187 Å². The van der Waals surface area contributed by atoms with Crippen LogP contribution in [-0.2, 0) is 20.7 Å². The third kappa shape index (κ3) is 4.45. The van der Waals surface area contributed by atoms with Crippen molar-refractivity contribution in [2.24, 2.45) is 0 Å². The number of hydrogen-bond donors (Lipinski definition) is 1. The van der Waals surface area contributed by atoms with Gasteiger partial charge in [0.2, 0.25) is 0 Å². The second kappa shape index (κ2) is 8.84. The van der Waals surface area contributed by atoms with Gasteiger partial charge in [-0.05, 0) is 51.2 Å².